The standard InChI is InChI=1S/C13H16ClNOS/c1-9(2)13(11-4-3-7-17-11)15-8-10-5-6-12(14)16-10/h3-7,9,13,15H,8H2,1-2H3. The van der Waals surface area contributed by atoms with E-state index in [1.54, 1.807) is 17.4 Å². The summed E-state index contributed by atoms with van der Waals surface area (Å²) in [6, 6.07) is 8.28. The van der Waals surface area contributed by atoms with E-state index in [9.17, 15) is 0 Å². The molecule has 1 N–H and O–H groups in total. The summed E-state index contributed by atoms with van der Waals surface area (Å²) in [6.07, 6.45) is 0. The molecular formula is C13H16ClNOS. The van der Waals surface area contributed by atoms with E-state index in [0.717, 1.165) is 5.76 Å². The zero-order valence-corrected chi connectivity index (χ0v) is 11.5. The van der Waals surface area contributed by atoms with Gasteiger partial charge in [-0.25, -0.2) is 0 Å². The Hall–Kier alpha value is -0.770. The molecule has 0 saturated heterocycles. The van der Waals surface area contributed by atoms with Gasteiger partial charge >= 0.3 is 0 Å². The minimum absolute atomic E-state index is 0.360. The minimum atomic E-state index is 0.360. The fraction of sp³-hybridized carbons (Fsp3) is 0.385. The van der Waals surface area contributed by atoms with Crippen LogP contribution in [0, 0.1) is 5.92 Å². The van der Waals surface area contributed by atoms with Gasteiger partial charge in [0.25, 0.3) is 0 Å². The summed E-state index contributed by atoms with van der Waals surface area (Å²) < 4.78 is 5.34. The number of hydrogen-bond acceptors (Lipinski definition) is 3. The first kappa shape index (κ1) is 12.7. The highest BCUT2D eigenvalue weighted by Gasteiger charge is 2.16. The highest BCUT2D eigenvalue weighted by atomic mass is 35.5. The molecule has 1 unspecified atom stereocenters. The Morgan fingerprint density at radius 1 is 1.35 bits per heavy atom. The van der Waals surface area contributed by atoms with E-state index >= 15 is 0 Å². The van der Waals surface area contributed by atoms with Crippen LogP contribution in [0.3, 0.4) is 0 Å². The molecule has 1 atom stereocenters. The fourth-order valence-corrected chi connectivity index (χ4v) is 2.93. The third-order valence-corrected chi connectivity index (χ3v) is 3.80. The summed E-state index contributed by atoms with van der Waals surface area (Å²) in [5.74, 6) is 1.41. The van der Waals surface area contributed by atoms with Gasteiger partial charge in [-0.05, 0) is 41.1 Å². The second-order valence-corrected chi connectivity index (χ2v) is 5.68. The molecule has 0 fully saturated rings. The molecule has 17 heavy (non-hydrogen) atoms. The molecule has 0 aromatic carbocycles. The summed E-state index contributed by atoms with van der Waals surface area (Å²) in [5, 5.41) is 6.06. The zero-order valence-electron chi connectivity index (χ0n) is 9.94. The Balaban J connectivity index is 1.99. The lowest BCUT2D eigenvalue weighted by Gasteiger charge is -2.20. The molecular weight excluding hydrogens is 254 g/mol. The lowest BCUT2D eigenvalue weighted by Crippen LogP contribution is -2.24. The summed E-state index contributed by atoms with van der Waals surface area (Å²) in [5.41, 5.74) is 0. The van der Waals surface area contributed by atoms with Gasteiger partial charge in [0.1, 0.15) is 5.76 Å². The zero-order chi connectivity index (χ0) is 12.3. The molecule has 0 bridgehead atoms. The van der Waals surface area contributed by atoms with Crippen LogP contribution in [0.2, 0.25) is 5.22 Å². The molecule has 92 valence electrons. The minimum Gasteiger partial charge on any atom is -0.448 e. The molecule has 0 spiro atoms. The number of hydrogen-bond donors (Lipinski definition) is 1. The maximum atomic E-state index is 5.75. The van der Waals surface area contributed by atoms with Crippen LogP contribution >= 0.6 is 22.9 Å². The second-order valence-electron chi connectivity index (χ2n) is 4.32. The summed E-state index contributed by atoms with van der Waals surface area (Å²) in [6.45, 7) is 5.13. The van der Waals surface area contributed by atoms with Crippen molar-refractivity contribution in [2.45, 2.75) is 26.4 Å². The van der Waals surface area contributed by atoms with Crippen molar-refractivity contribution in [3.8, 4) is 0 Å². The molecule has 2 heterocycles. The Morgan fingerprint density at radius 3 is 2.71 bits per heavy atom. The van der Waals surface area contributed by atoms with Crippen molar-refractivity contribution in [2.24, 2.45) is 5.92 Å². The molecule has 4 heteroatoms. The molecule has 0 radical (unpaired) electrons. The first-order chi connectivity index (χ1) is 8.16. The van der Waals surface area contributed by atoms with Crippen LogP contribution in [0.15, 0.2) is 34.1 Å². The average molecular weight is 270 g/mol. The highest BCUT2D eigenvalue weighted by molar-refractivity contribution is 7.10. The van der Waals surface area contributed by atoms with Gasteiger partial charge in [0, 0.05) is 10.9 Å². The number of furan rings is 1. The Bertz CT molecular complexity index is 450. The third kappa shape index (κ3) is 3.35. The van der Waals surface area contributed by atoms with E-state index in [2.05, 4.69) is 36.7 Å². The van der Waals surface area contributed by atoms with Gasteiger partial charge in [-0.3, -0.25) is 0 Å². The molecule has 2 rings (SSSR count). The molecule has 0 amide bonds. The average Bonchev–Trinajstić information content (AvgIpc) is 2.90. The number of halogens is 1. The van der Waals surface area contributed by atoms with E-state index in [1.807, 2.05) is 6.07 Å². The highest BCUT2D eigenvalue weighted by Crippen LogP contribution is 2.26. The van der Waals surface area contributed by atoms with Gasteiger partial charge in [-0.2, -0.15) is 0 Å². The first-order valence-corrected chi connectivity index (χ1v) is 6.93. The molecule has 2 aromatic heterocycles. The van der Waals surface area contributed by atoms with E-state index in [4.69, 9.17) is 16.0 Å². The quantitative estimate of drug-likeness (QED) is 0.866. The normalized spacial score (nSPS) is 13.2. The maximum absolute atomic E-state index is 5.75. The van der Waals surface area contributed by atoms with E-state index < -0.39 is 0 Å². The number of nitrogens with one attached hydrogen (secondary N) is 1. The van der Waals surface area contributed by atoms with Crippen LogP contribution in [0.4, 0.5) is 0 Å². The van der Waals surface area contributed by atoms with Gasteiger partial charge in [0.2, 0.25) is 0 Å². The van der Waals surface area contributed by atoms with Gasteiger partial charge < -0.3 is 9.73 Å². The van der Waals surface area contributed by atoms with Crippen LogP contribution in [-0.2, 0) is 6.54 Å². The van der Waals surface area contributed by atoms with Crippen molar-refractivity contribution < 1.29 is 4.42 Å². The van der Waals surface area contributed by atoms with Crippen LogP contribution < -0.4 is 5.32 Å². The second kappa shape index (κ2) is 5.71. The van der Waals surface area contributed by atoms with Gasteiger partial charge in [-0.1, -0.05) is 19.9 Å². The van der Waals surface area contributed by atoms with Crippen LogP contribution in [0.5, 0.6) is 0 Å². The molecule has 0 aliphatic rings. The van der Waals surface area contributed by atoms with E-state index in [1.165, 1.54) is 4.88 Å². The summed E-state index contributed by atoms with van der Waals surface area (Å²) in [7, 11) is 0. The molecule has 0 aliphatic carbocycles. The van der Waals surface area contributed by atoms with Crippen molar-refractivity contribution in [3.05, 3.63) is 45.5 Å². The van der Waals surface area contributed by atoms with Crippen LogP contribution in [0.25, 0.3) is 0 Å². The Kier molecular flexibility index (Phi) is 4.26. The van der Waals surface area contributed by atoms with Crippen molar-refractivity contribution in [3.63, 3.8) is 0 Å². The molecule has 2 aromatic rings. The largest absolute Gasteiger partial charge is 0.448 e. The predicted octanol–water partition coefficient (Wildman–Crippen LogP) is 4.48. The van der Waals surface area contributed by atoms with Crippen molar-refractivity contribution >= 4 is 22.9 Å². The van der Waals surface area contributed by atoms with Crippen molar-refractivity contribution in [2.75, 3.05) is 0 Å². The lowest BCUT2D eigenvalue weighted by atomic mass is 10.0. The fourth-order valence-electron chi connectivity index (χ4n) is 1.79. The lowest BCUT2D eigenvalue weighted by molar-refractivity contribution is 0.388. The SMILES string of the molecule is CC(C)C(NCc1ccc(Cl)o1)c1cccs1. The van der Waals surface area contributed by atoms with Crippen molar-refractivity contribution in [1.82, 2.24) is 5.32 Å². The topological polar surface area (TPSA) is 25.2 Å². The van der Waals surface area contributed by atoms with Gasteiger partial charge in [0.05, 0.1) is 6.54 Å². The smallest absolute Gasteiger partial charge is 0.193 e. The maximum Gasteiger partial charge on any atom is 0.193 e. The Morgan fingerprint density at radius 2 is 2.18 bits per heavy atom. The van der Waals surface area contributed by atoms with Crippen LogP contribution in [0.1, 0.15) is 30.5 Å². The van der Waals surface area contributed by atoms with Crippen molar-refractivity contribution in [1.29, 1.82) is 0 Å². The summed E-state index contributed by atoms with van der Waals surface area (Å²) >= 11 is 7.53. The number of thiophene rings is 1. The van der Waals surface area contributed by atoms with E-state index in [0.29, 0.717) is 23.7 Å². The molecule has 2 nitrogen and oxygen atoms in total. The molecule has 0 aliphatic heterocycles. The monoisotopic (exact) mass is 269 g/mol. The van der Waals surface area contributed by atoms with E-state index in [-0.39, 0.29) is 0 Å². The third-order valence-electron chi connectivity index (χ3n) is 2.64. The van der Waals surface area contributed by atoms with Gasteiger partial charge in [0.15, 0.2) is 5.22 Å². The predicted molar refractivity (Wildman–Crippen MR) is 72.5 cm³/mol. The number of rotatable bonds is 5. The van der Waals surface area contributed by atoms with Gasteiger partial charge in [-0.15, -0.1) is 11.3 Å². The Labute approximate surface area is 111 Å². The van der Waals surface area contributed by atoms with Crippen LogP contribution in [-0.4, -0.2) is 0 Å². The first-order valence-electron chi connectivity index (χ1n) is 5.68. The summed E-state index contributed by atoms with van der Waals surface area (Å²) in [4.78, 5) is 1.36. The molecule has 0 saturated carbocycles.